The zero-order valence-electron chi connectivity index (χ0n) is 15.3. The molecule has 2 saturated heterocycles. The summed E-state index contributed by atoms with van der Waals surface area (Å²) in [4.78, 5) is 27.8. The van der Waals surface area contributed by atoms with Crippen molar-refractivity contribution in [2.45, 2.75) is 26.2 Å². The lowest BCUT2D eigenvalue weighted by Crippen LogP contribution is -2.38. The number of likely N-dealkylation sites (tertiary alicyclic amines) is 1. The lowest BCUT2D eigenvalue weighted by atomic mass is 9.73. The molecule has 4 heteroatoms. The first kappa shape index (κ1) is 16.8. The second kappa shape index (κ2) is 6.27. The van der Waals surface area contributed by atoms with Gasteiger partial charge in [0.15, 0.2) is 0 Å². The normalized spacial score (nSPS) is 24.9. The summed E-state index contributed by atoms with van der Waals surface area (Å²) in [5.41, 5.74) is 3.52. The predicted molar refractivity (Wildman–Crippen MR) is 101 cm³/mol. The van der Waals surface area contributed by atoms with Gasteiger partial charge in [0.2, 0.25) is 5.91 Å². The molecule has 26 heavy (non-hydrogen) atoms. The Morgan fingerprint density at radius 3 is 2.42 bits per heavy atom. The Morgan fingerprint density at radius 1 is 1.12 bits per heavy atom. The summed E-state index contributed by atoms with van der Waals surface area (Å²) in [7, 11) is 0. The van der Waals surface area contributed by atoms with E-state index in [9.17, 15) is 9.59 Å². The lowest BCUT2D eigenvalue weighted by Gasteiger charge is -2.27. The zero-order valence-corrected chi connectivity index (χ0v) is 15.3. The van der Waals surface area contributed by atoms with Crippen molar-refractivity contribution in [2.75, 3.05) is 19.6 Å². The number of rotatable bonds is 2. The lowest BCUT2D eigenvalue weighted by molar-refractivity contribution is -0.127. The average molecular weight is 348 g/mol. The van der Waals surface area contributed by atoms with Gasteiger partial charge in [-0.25, -0.2) is 0 Å². The van der Waals surface area contributed by atoms with Crippen LogP contribution in [-0.4, -0.2) is 36.3 Å². The van der Waals surface area contributed by atoms with Crippen LogP contribution in [0, 0.1) is 19.3 Å². The third-order valence-corrected chi connectivity index (χ3v) is 5.81. The number of carbonyl (C=O) groups excluding carboxylic acids is 2. The van der Waals surface area contributed by atoms with E-state index in [1.165, 1.54) is 0 Å². The Kier molecular flexibility index (Phi) is 4.06. The number of nitrogens with one attached hydrogen (secondary N) is 1. The molecule has 2 aromatic rings. The largest absolute Gasteiger partial charge is 0.356 e. The highest BCUT2D eigenvalue weighted by atomic mass is 16.2. The minimum atomic E-state index is -0.504. The summed E-state index contributed by atoms with van der Waals surface area (Å²) in [6.45, 7) is 5.78. The van der Waals surface area contributed by atoms with E-state index < -0.39 is 5.41 Å². The maximum atomic E-state index is 13.2. The summed E-state index contributed by atoms with van der Waals surface area (Å²) in [5.74, 6) is 0.150. The molecule has 0 radical (unpaired) electrons. The number of hydrogen-bond donors (Lipinski definition) is 1. The van der Waals surface area contributed by atoms with E-state index in [-0.39, 0.29) is 17.7 Å². The Labute approximate surface area is 154 Å². The minimum Gasteiger partial charge on any atom is -0.356 e. The highest BCUT2D eigenvalue weighted by molar-refractivity contribution is 5.96. The molecule has 2 heterocycles. The Morgan fingerprint density at radius 2 is 1.81 bits per heavy atom. The molecule has 134 valence electrons. The summed E-state index contributed by atoms with van der Waals surface area (Å²) < 4.78 is 0. The summed E-state index contributed by atoms with van der Waals surface area (Å²) in [6, 6.07) is 16.1. The first-order valence-electron chi connectivity index (χ1n) is 9.20. The van der Waals surface area contributed by atoms with E-state index in [0.717, 1.165) is 23.1 Å². The van der Waals surface area contributed by atoms with Gasteiger partial charge in [0.05, 0.1) is 5.41 Å². The van der Waals surface area contributed by atoms with Crippen molar-refractivity contribution in [1.29, 1.82) is 0 Å². The van der Waals surface area contributed by atoms with E-state index in [1.54, 1.807) is 0 Å². The van der Waals surface area contributed by atoms with Crippen molar-refractivity contribution >= 4 is 11.8 Å². The number of carbonyl (C=O) groups is 2. The Hall–Kier alpha value is -2.62. The number of nitrogens with zero attached hydrogens (tertiary/aromatic N) is 1. The number of amides is 2. The van der Waals surface area contributed by atoms with Gasteiger partial charge in [-0.15, -0.1) is 0 Å². The fourth-order valence-corrected chi connectivity index (χ4v) is 4.63. The molecule has 2 aliphatic rings. The molecule has 0 aromatic heterocycles. The molecule has 2 amide bonds. The van der Waals surface area contributed by atoms with Gasteiger partial charge >= 0.3 is 0 Å². The van der Waals surface area contributed by atoms with Crippen LogP contribution in [0.2, 0.25) is 0 Å². The quantitative estimate of drug-likeness (QED) is 0.907. The van der Waals surface area contributed by atoms with Crippen LogP contribution in [0.3, 0.4) is 0 Å². The second-order valence-electron chi connectivity index (χ2n) is 7.69. The molecule has 2 aromatic carbocycles. The molecule has 1 N–H and O–H groups in total. The molecule has 2 aliphatic heterocycles. The Balaban J connectivity index is 1.69. The molecule has 0 saturated carbocycles. The van der Waals surface area contributed by atoms with E-state index >= 15 is 0 Å². The van der Waals surface area contributed by atoms with Crippen molar-refractivity contribution in [1.82, 2.24) is 10.2 Å². The van der Waals surface area contributed by atoms with Gasteiger partial charge < -0.3 is 10.2 Å². The van der Waals surface area contributed by atoms with E-state index in [2.05, 4.69) is 23.5 Å². The van der Waals surface area contributed by atoms with E-state index in [4.69, 9.17) is 0 Å². The number of benzene rings is 2. The van der Waals surface area contributed by atoms with Crippen molar-refractivity contribution < 1.29 is 9.59 Å². The molecule has 0 unspecified atom stereocenters. The van der Waals surface area contributed by atoms with Crippen molar-refractivity contribution in [3.63, 3.8) is 0 Å². The second-order valence-corrected chi connectivity index (χ2v) is 7.69. The van der Waals surface area contributed by atoms with Crippen LogP contribution < -0.4 is 5.32 Å². The summed E-state index contributed by atoms with van der Waals surface area (Å²) in [5, 5.41) is 2.99. The monoisotopic (exact) mass is 348 g/mol. The van der Waals surface area contributed by atoms with Crippen molar-refractivity contribution in [3.05, 3.63) is 70.8 Å². The van der Waals surface area contributed by atoms with Crippen LogP contribution in [0.15, 0.2) is 48.5 Å². The maximum absolute atomic E-state index is 13.2. The van der Waals surface area contributed by atoms with Crippen LogP contribution in [0.25, 0.3) is 0 Å². The highest BCUT2D eigenvalue weighted by Gasteiger charge is 2.55. The molecule has 2 fully saturated rings. The minimum absolute atomic E-state index is 0.0225. The van der Waals surface area contributed by atoms with Gasteiger partial charge in [0.1, 0.15) is 0 Å². The molecule has 1 spiro atoms. The first-order valence-corrected chi connectivity index (χ1v) is 9.20. The van der Waals surface area contributed by atoms with Gasteiger partial charge in [-0.3, -0.25) is 9.59 Å². The number of aryl methyl sites for hydroxylation is 2. The fraction of sp³-hybridized carbons (Fsp3) is 0.364. The highest BCUT2D eigenvalue weighted by Crippen LogP contribution is 2.47. The smallest absolute Gasteiger partial charge is 0.253 e. The molecule has 4 rings (SSSR count). The van der Waals surface area contributed by atoms with Gasteiger partial charge in [0.25, 0.3) is 5.91 Å². The van der Waals surface area contributed by atoms with E-state index in [0.29, 0.717) is 25.2 Å². The molecule has 0 bridgehead atoms. The maximum Gasteiger partial charge on any atom is 0.253 e. The summed E-state index contributed by atoms with van der Waals surface area (Å²) in [6.07, 6.45) is 0.780. The first-order chi connectivity index (χ1) is 12.5. The van der Waals surface area contributed by atoms with Crippen molar-refractivity contribution in [3.8, 4) is 0 Å². The van der Waals surface area contributed by atoms with Gasteiger partial charge in [-0.1, -0.05) is 47.5 Å². The van der Waals surface area contributed by atoms with E-state index in [1.807, 2.05) is 49.1 Å². The molecule has 0 aliphatic carbocycles. The summed E-state index contributed by atoms with van der Waals surface area (Å²) >= 11 is 0. The molecule has 2 atom stereocenters. The Bertz CT molecular complexity index is 841. The standard InChI is InChI=1S/C22H24N2O2/c1-15-10-16(2)12-18(11-15)20(25)24-13-19(17-6-4-3-5-7-17)22(14-24)8-9-23-21(22)26/h3-7,10-12,19H,8-9,13-14H2,1-2H3,(H,23,26)/t19-,22+/m0/s1. The SMILES string of the molecule is Cc1cc(C)cc(C(=O)N2C[C@@H](c3ccccc3)[C@@]3(CCNC3=O)C2)c1. The van der Waals surface area contributed by atoms with Crippen LogP contribution in [0.4, 0.5) is 0 Å². The molecular weight excluding hydrogens is 324 g/mol. The van der Waals surface area contributed by atoms with Gasteiger partial charge in [-0.05, 0) is 38.0 Å². The van der Waals surface area contributed by atoms with Gasteiger partial charge in [-0.2, -0.15) is 0 Å². The van der Waals surface area contributed by atoms with Crippen LogP contribution in [-0.2, 0) is 4.79 Å². The average Bonchev–Trinajstić information content (AvgIpc) is 3.19. The topological polar surface area (TPSA) is 49.4 Å². The third-order valence-electron chi connectivity index (χ3n) is 5.81. The number of hydrogen-bond acceptors (Lipinski definition) is 2. The van der Waals surface area contributed by atoms with Crippen LogP contribution in [0.1, 0.15) is 39.4 Å². The molecular formula is C22H24N2O2. The van der Waals surface area contributed by atoms with Crippen molar-refractivity contribution in [2.24, 2.45) is 5.41 Å². The predicted octanol–water partition coefficient (Wildman–Crippen LogP) is 3.05. The fourth-order valence-electron chi connectivity index (χ4n) is 4.63. The van der Waals surface area contributed by atoms with Crippen LogP contribution in [0.5, 0.6) is 0 Å². The third kappa shape index (κ3) is 2.70. The molecule has 4 nitrogen and oxygen atoms in total. The van der Waals surface area contributed by atoms with Gasteiger partial charge in [0, 0.05) is 31.1 Å². The van der Waals surface area contributed by atoms with Crippen LogP contribution >= 0.6 is 0 Å². The zero-order chi connectivity index (χ0) is 18.3.